The van der Waals surface area contributed by atoms with Gasteiger partial charge in [0.25, 0.3) is 0 Å². The SMILES string of the molecule is CCCN1CC(=O)N2Cc3c(c4cc(CC)ccc4n3Cc3ccc(C(=N)OC(C)(C)C)cc3)CC2C1=O. The molecule has 1 fully saturated rings. The predicted molar refractivity (Wildman–Crippen MR) is 149 cm³/mol. The highest BCUT2D eigenvalue weighted by atomic mass is 16.5. The van der Waals surface area contributed by atoms with Gasteiger partial charge in [0.1, 0.15) is 11.6 Å². The summed E-state index contributed by atoms with van der Waals surface area (Å²) in [6.45, 7) is 11.9. The van der Waals surface area contributed by atoms with E-state index in [2.05, 4.69) is 29.7 Å². The summed E-state index contributed by atoms with van der Waals surface area (Å²) >= 11 is 0. The van der Waals surface area contributed by atoms with Crippen molar-refractivity contribution >= 4 is 28.6 Å². The number of carbonyl (C=O) groups is 2. The third-order valence-electron chi connectivity index (χ3n) is 7.55. The summed E-state index contributed by atoms with van der Waals surface area (Å²) in [6, 6.07) is 14.1. The number of hydrogen-bond acceptors (Lipinski definition) is 4. The molecule has 200 valence electrons. The number of rotatable bonds is 6. The molecule has 38 heavy (non-hydrogen) atoms. The van der Waals surface area contributed by atoms with E-state index in [4.69, 9.17) is 10.1 Å². The number of fused-ring (bicyclic) bond motifs is 4. The second kappa shape index (κ2) is 9.93. The van der Waals surface area contributed by atoms with E-state index >= 15 is 0 Å². The van der Waals surface area contributed by atoms with Gasteiger partial charge in [0.05, 0.1) is 13.1 Å². The Morgan fingerprint density at radius 3 is 2.39 bits per heavy atom. The van der Waals surface area contributed by atoms with Gasteiger partial charge in [-0.3, -0.25) is 15.0 Å². The number of nitrogens with one attached hydrogen (secondary N) is 1. The largest absolute Gasteiger partial charge is 0.472 e. The van der Waals surface area contributed by atoms with E-state index in [1.807, 2.05) is 52.0 Å². The monoisotopic (exact) mass is 514 g/mol. The van der Waals surface area contributed by atoms with Gasteiger partial charge in [-0.25, -0.2) is 0 Å². The molecular formula is C31H38N4O3. The molecule has 1 N–H and O–H groups in total. The minimum absolute atomic E-state index is 0.0291. The van der Waals surface area contributed by atoms with Crippen LogP contribution in [0.25, 0.3) is 10.9 Å². The zero-order valence-electron chi connectivity index (χ0n) is 23.1. The number of aryl methyl sites for hydroxylation is 1. The fourth-order valence-electron chi connectivity index (χ4n) is 5.70. The van der Waals surface area contributed by atoms with Gasteiger partial charge >= 0.3 is 0 Å². The van der Waals surface area contributed by atoms with Gasteiger partial charge in [-0.15, -0.1) is 0 Å². The molecular weight excluding hydrogens is 476 g/mol. The van der Waals surface area contributed by atoms with E-state index < -0.39 is 11.6 Å². The van der Waals surface area contributed by atoms with E-state index in [0.29, 0.717) is 26.1 Å². The van der Waals surface area contributed by atoms with Gasteiger partial charge in [-0.2, -0.15) is 0 Å². The third kappa shape index (κ3) is 4.82. The fraction of sp³-hybridized carbons (Fsp3) is 0.452. The molecule has 1 aromatic heterocycles. The Kier molecular flexibility index (Phi) is 6.80. The number of ether oxygens (including phenoxy) is 1. The number of nitrogens with zero attached hydrogens (tertiary/aromatic N) is 3. The molecule has 2 amide bonds. The zero-order valence-corrected chi connectivity index (χ0v) is 23.1. The second-order valence-electron chi connectivity index (χ2n) is 11.5. The van der Waals surface area contributed by atoms with Crippen molar-refractivity contribution < 1.29 is 14.3 Å². The van der Waals surface area contributed by atoms with Crippen molar-refractivity contribution in [2.45, 2.75) is 78.6 Å². The first kappa shape index (κ1) is 26.0. The van der Waals surface area contributed by atoms with Crippen LogP contribution < -0.4 is 0 Å². The molecule has 3 aromatic rings. The van der Waals surface area contributed by atoms with E-state index in [0.717, 1.165) is 35.2 Å². The van der Waals surface area contributed by atoms with Crippen molar-refractivity contribution in [1.82, 2.24) is 14.4 Å². The minimum atomic E-state index is -0.423. The number of amides is 2. The van der Waals surface area contributed by atoms with Crippen LogP contribution in [0, 0.1) is 5.41 Å². The fourth-order valence-corrected chi connectivity index (χ4v) is 5.70. The summed E-state index contributed by atoms with van der Waals surface area (Å²) in [5.74, 6) is 0.262. The Bertz CT molecular complexity index is 1400. The van der Waals surface area contributed by atoms with Crippen LogP contribution in [-0.2, 0) is 40.3 Å². The molecule has 0 spiro atoms. The topological polar surface area (TPSA) is 78.6 Å². The zero-order chi connectivity index (χ0) is 27.2. The van der Waals surface area contributed by atoms with E-state index in [1.165, 1.54) is 16.5 Å². The number of hydrogen-bond donors (Lipinski definition) is 1. The van der Waals surface area contributed by atoms with Crippen LogP contribution in [0.4, 0.5) is 0 Å². The number of piperazine rings is 1. The van der Waals surface area contributed by atoms with Crippen LogP contribution in [0.2, 0.25) is 0 Å². The third-order valence-corrected chi connectivity index (χ3v) is 7.55. The van der Waals surface area contributed by atoms with Gasteiger partial charge < -0.3 is 19.1 Å². The van der Waals surface area contributed by atoms with Crippen LogP contribution in [0.5, 0.6) is 0 Å². The van der Waals surface area contributed by atoms with Crippen molar-refractivity contribution in [3.05, 3.63) is 70.4 Å². The molecule has 7 nitrogen and oxygen atoms in total. The van der Waals surface area contributed by atoms with Crippen LogP contribution in [-0.4, -0.2) is 56.8 Å². The first-order valence-electron chi connectivity index (χ1n) is 13.7. The predicted octanol–water partition coefficient (Wildman–Crippen LogP) is 4.90. The molecule has 7 heteroatoms. The van der Waals surface area contributed by atoms with Crippen LogP contribution in [0.3, 0.4) is 0 Å². The molecule has 1 unspecified atom stereocenters. The van der Waals surface area contributed by atoms with Crippen LogP contribution >= 0.6 is 0 Å². The maximum atomic E-state index is 13.3. The van der Waals surface area contributed by atoms with E-state index in [9.17, 15) is 9.59 Å². The normalized spacial score (nSPS) is 17.6. The lowest BCUT2D eigenvalue weighted by Crippen LogP contribution is -2.61. The Hall–Kier alpha value is -3.61. The van der Waals surface area contributed by atoms with Crippen LogP contribution in [0.1, 0.15) is 69.0 Å². The highest BCUT2D eigenvalue weighted by Crippen LogP contribution is 2.36. The van der Waals surface area contributed by atoms with Crippen molar-refractivity contribution in [3.63, 3.8) is 0 Å². The van der Waals surface area contributed by atoms with E-state index in [1.54, 1.807) is 9.80 Å². The lowest BCUT2D eigenvalue weighted by molar-refractivity contribution is -0.157. The quantitative estimate of drug-likeness (QED) is 0.376. The lowest BCUT2D eigenvalue weighted by Gasteiger charge is -2.43. The second-order valence-corrected chi connectivity index (χ2v) is 11.5. The molecule has 2 aliphatic heterocycles. The first-order valence-corrected chi connectivity index (χ1v) is 13.7. The molecule has 0 aliphatic carbocycles. The van der Waals surface area contributed by atoms with Crippen LogP contribution in [0.15, 0.2) is 42.5 Å². The van der Waals surface area contributed by atoms with Gasteiger partial charge in [0.15, 0.2) is 0 Å². The van der Waals surface area contributed by atoms with E-state index in [-0.39, 0.29) is 24.3 Å². The molecule has 2 aromatic carbocycles. The molecule has 0 bridgehead atoms. The van der Waals surface area contributed by atoms with Gasteiger partial charge in [0, 0.05) is 41.7 Å². The summed E-state index contributed by atoms with van der Waals surface area (Å²) in [5.41, 5.74) is 6.12. The Morgan fingerprint density at radius 2 is 1.74 bits per heavy atom. The van der Waals surface area contributed by atoms with Gasteiger partial charge in [-0.1, -0.05) is 32.0 Å². The van der Waals surface area contributed by atoms with Crippen molar-refractivity contribution in [2.75, 3.05) is 13.1 Å². The smallest absolute Gasteiger partial charge is 0.246 e. The lowest BCUT2D eigenvalue weighted by atomic mass is 9.93. The maximum absolute atomic E-state index is 13.3. The molecule has 2 aliphatic rings. The average molecular weight is 515 g/mol. The molecule has 1 atom stereocenters. The van der Waals surface area contributed by atoms with Crippen molar-refractivity contribution in [3.8, 4) is 0 Å². The minimum Gasteiger partial charge on any atom is -0.472 e. The molecule has 3 heterocycles. The Labute approximate surface area is 224 Å². The standard InChI is InChI=1S/C31H38N4O3/c1-6-14-33-19-28(36)35-18-27-24(16-26(35)30(33)37)23-15-20(7-2)10-13-25(23)34(27)17-21-8-11-22(12-9-21)29(32)38-31(3,4)5/h8-13,15,26,32H,6-7,14,16-19H2,1-5H3. The van der Waals surface area contributed by atoms with Crippen molar-refractivity contribution in [2.24, 2.45) is 0 Å². The highest BCUT2D eigenvalue weighted by molar-refractivity contribution is 5.97. The summed E-state index contributed by atoms with van der Waals surface area (Å²) in [6.07, 6.45) is 2.34. The Balaban J connectivity index is 1.51. The summed E-state index contributed by atoms with van der Waals surface area (Å²) in [4.78, 5) is 30.0. The molecule has 1 saturated heterocycles. The summed E-state index contributed by atoms with van der Waals surface area (Å²) < 4.78 is 8.03. The van der Waals surface area contributed by atoms with Gasteiger partial charge in [-0.05, 0) is 74.6 Å². The van der Waals surface area contributed by atoms with Crippen molar-refractivity contribution in [1.29, 1.82) is 5.41 Å². The molecule has 0 radical (unpaired) electrons. The first-order chi connectivity index (χ1) is 18.1. The average Bonchev–Trinajstić information content (AvgIpc) is 3.17. The number of benzene rings is 2. The molecule has 5 rings (SSSR count). The molecule has 0 saturated carbocycles. The summed E-state index contributed by atoms with van der Waals surface area (Å²) in [5, 5.41) is 9.47. The Morgan fingerprint density at radius 1 is 1.03 bits per heavy atom. The maximum Gasteiger partial charge on any atom is 0.246 e. The van der Waals surface area contributed by atoms with Gasteiger partial charge in [0.2, 0.25) is 17.7 Å². The number of aromatic nitrogens is 1. The summed E-state index contributed by atoms with van der Waals surface area (Å²) in [7, 11) is 0. The number of carbonyl (C=O) groups excluding carboxylic acids is 2. The highest BCUT2D eigenvalue weighted by Gasteiger charge is 2.43.